The average Bonchev–Trinajstić information content (AvgIpc) is 1.53. The molecule has 0 radical (unpaired) electrons. The van der Waals surface area contributed by atoms with Crippen molar-refractivity contribution in [1.29, 1.82) is 0 Å². The van der Waals surface area contributed by atoms with Gasteiger partial charge in [0.2, 0.25) is 0 Å². The van der Waals surface area contributed by atoms with Crippen molar-refractivity contribution in [3.05, 3.63) is 0 Å². The van der Waals surface area contributed by atoms with E-state index in [9.17, 15) is 14.5 Å². The summed E-state index contributed by atoms with van der Waals surface area (Å²) in [4.78, 5) is 9.93. The maximum atomic E-state index is 11.0. The maximum absolute atomic E-state index is 11.0. The molecule has 66 valence electrons. The van der Waals surface area contributed by atoms with Crippen molar-refractivity contribution < 1.29 is 77.8 Å². The smallest absolute Gasteiger partial charge is 0.550 e. The Hall–Kier alpha value is 1.47. The van der Waals surface area contributed by atoms with Gasteiger partial charge in [-0.1, -0.05) is 0 Å². The molecule has 12 heavy (non-hydrogen) atoms. The third-order valence-corrected chi connectivity index (χ3v) is 2.35. The van der Waals surface area contributed by atoms with Crippen molar-refractivity contribution >= 4 is 13.1 Å². The van der Waals surface area contributed by atoms with Crippen LogP contribution in [-0.4, -0.2) is 36.7 Å². The van der Waals surface area contributed by atoms with Gasteiger partial charge < -0.3 is 19.6 Å². The van der Waals surface area contributed by atoms with Gasteiger partial charge in [-0.05, 0) is 13.3 Å². The van der Waals surface area contributed by atoms with Crippen LogP contribution in [0.1, 0.15) is 6.42 Å². The number of rotatable bonds is 4. The average molecular weight is 265 g/mol. The van der Waals surface area contributed by atoms with E-state index in [-0.39, 0.29) is 64.3 Å². The van der Waals surface area contributed by atoms with E-state index >= 15 is 0 Å². The van der Waals surface area contributed by atoms with E-state index < -0.39 is 25.6 Å². The van der Waals surface area contributed by atoms with Gasteiger partial charge >= 0.3 is 58.2 Å². The standard InChI is InChI=1S/C6H13O4P.Rb/c1-11(2,10)4-5(7)3-6(8)9;/h5,7H,3-4H2,1-2H3,(H,8,9);/q;+1/p-1. The molecule has 0 aliphatic rings. The van der Waals surface area contributed by atoms with Crippen molar-refractivity contribution in [3.8, 4) is 0 Å². The number of carboxylic acids is 1. The van der Waals surface area contributed by atoms with Crippen molar-refractivity contribution in [2.75, 3.05) is 19.5 Å². The molecule has 0 saturated carbocycles. The van der Waals surface area contributed by atoms with Gasteiger partial charge in [-0.15, -0.1) is 0 Å². The summed E-state index contributed by atoms with van der Waals surface area (Å²) in [7, 11) is -2.32. The van der Waals surface area contributed by atoms with Gasteiger partial charge in [-0.25, -0.2) is 0 Å². The minimum absolute atomic E-state index is 0. The fourth-order valence-corrected chi connectivity index (χ4v) is 1.91. The topological polar surface area (TPSA) is 77.4 Å². The molecule has 0 saturated heterocycles. The Morgan fingerprint density at radius 1 is 1.58 bits per heavy atom. The van der Waals surface area contributed by atoms with Crippen molar-refractivity contribution in [2.24, 2.45) is 0 Å². The molecule has 0 rings (SSSR count). The third kappa shape index (κ3) is 11.5. The van der Waals surface area contributed by atoms with Gasteiger partial charge in [0.1, 0.15) is 0 Å². The molecule has 0 fully saturated rings. The number of aliphatic carboxylic acids is 1. The van der Waals surface area contributed by atoms with Crippen LogP contribution in [0.5, 0.6) is 0 Å². The largest absolute Gasteiger partial charge is 1.00 e. The van der Waals surface area contributed by atoms with Gasteiger partial charge in [0.15, 0.2) is 0 Å². The van der Waals surface area contributed by atoms with Crippen LogP contribution in [0.3, 0.4) is 0 Å². The normalized spacial score (nSPS) is 13.2. The first-order valence-electron chi connectivity index (χ1n) is 3.23. The third-order valence-electron chi connectivity index (χ3n) is 1.05. The zero-order chi connectivity index (χ0) is 9.07. The summed E-state index contributed by atoms with van der Waals surface area (Å²) in [6.45, 7) is 3.01. The van der Waals surface area contributed by atoms with Crippen LogP contribution in [0.2, 0.25) is 0 Å². The van der Waals surface area contributed by atoms with E-state index in [1.54, 1.807) is 0 Å². The molecule has 0 aliphatic heterocycles. The number of carbonyl (C=O) groups excluding carboxylic acids is 1. The summed E-state index contributed by atoms with van der Waals surface area (Å²) in [5.41, 5.74) is 0. The minimum atomic E-state index is -2.32. The first-order chi connectivity index (χ1) is 4.81. The molecule has 0 aromatic carbocycles. The van der Waals surface area contributed by atoms with Gasteiger partial charge in [0.25, 0.3) is 0 Å². The van der Waals surface area contributed by atoms with Crippen LogP contribution in [0.4, 0.5) is 0 Å². The van der Waals surface area contributed by atoms with Gasteiger partial charge in [-0.3, -0.25) is 0 Å². The quantitative estimate of drug-likeness (QED) is 0.527. The maximum Gasteiger partial charge on any atom is 1.00 e. The zero-order valence-electron chi connectivity index (χ0n) is 7.61. The Morgan fingerprint density at radius 3 is 2.25 bits per heavy atom. The number of aliphatic hydroxyl groups excluding tert-OH is 1. The van der Waals surface area contributed by atoms with Crippen LogP contribution >= 0.6 is 7.14 Å². The van der Waals surface area contributed by atoms with Crippen molar-refractivity contribution in [2.45, 2.75) is 12.5 Å². The summed E-state index contributed by atoms with van der Waals surface area (Å²) in [6.07, 6.45) is -1.44. The second kappa shape index (κ2) is 6.85. The van der Waals surface area contributed by atoms with Crippen molar-refractivity contribution in [3.63, 3.8) is 0 Å². The molecule has 6 heteroatoms. The molecule has 0 heterocycles. The second-order valence-corrected chi connectivity index (χ2v) is 6.50. The van der Waals surface area contributed by atoms with Crippen LogP contribution < -0.4 is 63.3 Å². The zero-order valence-corrected chi connectivity index (χ0v) is 13.4. The summed E-state index contributed by atoms with van der Waals surface area (Å²) in [6, 6.07) is 0. The first-order valence-corrected chi connectivity index (χ1v) is 6.02. The van der Waals surface area contributed by atoms with Crippen molar-refractivity contribution in [1.82, 2.24) is 0 Å². The Balaban J connectivity index is 0. The Kier molecular flexibility index (Phi) is 9.09. The fourth-order valence-electron chi connectivity index (χ4n) is 0.764. The molecule has 1 unspecified atom stereocenters. The summed E-state index contributed by atoms with van der Waals surface area (Å²) >= 11 is 0. The molecule has 0 amide bonds. The molecule has 1 atom stereocenters. The fraction of sp³-hybridized carbons (Fsp3) is 0.833. The first kappa shape index (κ1) is 15.9. The Morgan fingerprint density at radius 2 is 2.00 bits per heavy atom. The molecule has 0 bridgehead atoms. The summed E-state index contributed by atoms with van der Waals surface area (Å²) < 4.78 is 11.0. The van der Waals surface area contributed by atoms with Gasteiger partial charge in [-0.2, -0.15) is 0 Å². The molecule has 0 aromatic heterocycles. The molecule has 4 nitrogen and oxygen atoms in total. The summed E-state index contributed by atoms with van der Waals surface area (Å²) in [5, 5.41) is 18.9. The molecule has 0 spiro atoms. The Bertz CT molecular complexity index is 188. The minimum Gasteiger partial charge on any atom is -0.550 e. The van der Waals surface area contributed by atoms with E-state index in [2.05, 4.69) is 0 Å². The predicted molar refractivity (Wildman–Crippen MR) is 40.0 cm³/mol. The van der Waals surface area contributed by atoms with Crippen LogP contribution in [-0.2, 0) is 9.36 Å². The van der Waals surface area contributed by atoms with Crippen LogP contribution in [0.15, 0.2) is 0 Å². The number of aliphatic hydroxyl groups is 1. The van der Waals surface area contributed by atoms with E-state index in [4.69, 9.17) is 5.11 Å². The number of hydrogen-bond donors (Lipinski definition) is 1. The summed E-state index contributed by atoms with van der Waals surface area (Å²) in [5.74, 6) is -1.31. The molecule has 1 N–H and O–H groups in total. The van der Waals surface area contributed by atoms with Crippen LogP contribution in [0.25, 0.3) is 0 Å². The second-order valence-electron chi connectivity index (χ2n) is 2.99. The predicted octanol–water partition coefficient (Wildman–Crippen LogP) is -3.89. The van der Waals surface area contributed by atoms with Gasteiger partial charge in [0.05, 0.1) is 13.2 Å². The number of carboxylic acid groups (broad SMARTS) is 1. The SMILES string of the molecule is CP(C)(=O)CC(O)CC(=O)[O-].[Rb+]. The molecular weight excluding hydrogens is 253 g/mol. The number of carbonyl (C=O) groups is 1. The van der Waals surface area contributed by atoms with E-state index in [0.717, 1.165) is 0 Å². The Labute approximate surface area is 121 Å². The molecule has 0 aliphatic carbocycles. The van der Waals surface area contributed by atoms with Crippen LogP contribution in [0, 0.1) is 0 Å². The molecular formula is C6H12O4PRb. The molecule has 0 aromatic rings. The van der Waals surface area contributed by atoms with E-state index in [1.807, 2.05) is 0 Å². The monoisotopic (exact) mass is 264 g/mol. The number of hydrogen-bond acceptors (Lipinski definition) is 4. The van der Waals surface area contributed by atoms with E-state index in [1.165, 1.54) is 13.3 Å². The van der Waals surface area contributed by atoms with E-state index in [0.29, 0.717) is 0 Å². The van der Waals surface area contributed by atoms with Gasteiger partial charge in [0, 0.05) is 18.6 Å².